The van der Waals surface area contributed by atoms with Crippen LogP contribution in [0.4, 0.5) is 0 Å². The Morgan fingerprint density at radius 3 is 2.79 bits per heavy atom. The molecule has 1 heterocycles. The van der Waals surface area contributed by atoms with Crippen LogP contribution in [0.2, 0.25) is 5.02 Å². The Morgan fingerprint density at radius 1 is 1.43 bits per heavy atom. The molecule has 0 saturated heterocycles. The first-order valence-corrected chi connectivity index (χ1v) is 11.5. The van der Waals surface area contributed by atoms with Gasteiger partial charge in [0.05, 0.1) is 21.9 Å². The van der Waals surface area contributed by atoms with Crippen molar-refractivity contribution in [2.45, 2.75) is 42.4 Å². The second-order valence-electron chi connectivity index (χ2n) is 6.58. The van der Waals surface area contributed by atoms with E-state index in [4.69, 9.17) is 16.3 Å². The summed E-state index contributed by atoms with van der Waals surface area (Å²) in [7, 11) is -1.41. The molecular weight excluding hydrogens is 484 g/mol. The molecule has 2 aromatic rings. The maximum atomic E-state index is 12.3. The zero-order chi connectivity index (χ0) is 20.9. The molecule has 1 aromatic carbocycles. The molecule has 150 valence electrons. The highest BCUT2D eigenvalue weighted by Crippen LogP contribution is 2.38. The molecule has 0 saturated carbocycles. The van der Waals surface area contributed by atoms with Gasteiger partial charge in [-0.25, -0.2) is 14.0 Å². The summed E-state index contributed by atoms with van der Waals surface area (Å²) < 4.78 is 21.8. The van der Waals surface area contributed by atoms with Crippen LogP contribution in [0.25, 0.3) is 0 Å². The van der Waals surface area contributed by atoms with E-state index >= 15 is 0 Å². The van der Waals surface area contributed by atoms with E-state index in [9.17, 15) is 9.00 Å². The molecule has 0 aliphatic carbocycles. The van der Waals surface area contributed by atoms with Crippen molar-refractivity contribution in [2.24, 2.45) is 4.40 Å². The molecule has 1 aromatic heterocycles. The molecular formula is C19H20BrClN2O3S2. The molecule has 1 unspecified atom stereocenters. The Morgan fingerprint density at radius 2 is 2.14 bits per heavy atom. The minimum Gasteiger partial charge on any atom is -0.462 e. The number of nitrogens with zero attached hydrogens (tertiary/aromatic N) is 2. The maximum Gasteiger partial charge on any atom is 0.340 e. The first-order chi connectivity index (χ1) is 13.1. The molecule has 0 fully saturated rings. The highest BCUT2D eigenvalue weighted by atomic mass is 79.9. The smallest absolute Gasteiger partial charge is 0.340 e. The number of carbonyl (C=O) groups is 1. The van der Waals surface area contributed by atoms with Gasteiger partial charge in [0.2, 0.25) is 0 Å². The zero-order valence-electron chi connectivity index (χ0n) is 15.9. The van der Waals surface area contributed by atoms with E-state index in [2.05, 4.69) is 25.3 Å². The molecule has 0 amide bonds. The number of carbonyl (C=O) groups excluding carboxylic acids is 1. The summed E-state index contributed by atoms with van der Waals surface area (Å²) >= 11 is 11.1. The predicted octanol–water partition coefficient (Wildman–Crippen LogP) is 5.71. The van der Waals surface area contributed by atoms with Gasteiger partial charge in [-0.15, -0.1) is 0 Å². The lowest BCUT2D eigenvalue weighted by atomic mass is 10.2. The summed E-state index contributed by atoms with van der Waals surface area (Å²) in [5.41, 5.74) is 1.02. The van der Waals surface area contributed by atoms with Crippen molar-refractivity contribution in [1.29, 1.82) is 0 Å². The summed E-state index contributed by atoms with van der Waals surface area (Å²) in [5, 5.41) is 0.930. The van der Waals surface area contributed by atoms with Gasteiger partial charge in [0, 0.05) is 27.3 Å². The largest absolute Gasteiger partial charge is 0.462 e. The SMILES string of the molecule is CCOC(=O)c1cccnc1Sc1c(Cl)cc(Br)cc1C=NS(=O)C(C)(C)C. The normalized spacial score (nSPS) is 12.9. The molecule has 9 heteroatoms. The van der Waals surface area contributed by atoms with Crippen LogP contribution < -0.4 is 0 Å². The highest BCUT2D eigenvalue weighted by Gasteiger charge is 2.20. The van der Waals surface area contributed by atoms with Gasteiger partial charge in [-0.05, 0) is 52.0 Å². The lowest BCUT2D eigenvalue weighted by Gasteiger charge is -2.14. The second kappa shape index (κ2) is 10.0. The average molecular weight is 504 g/mol. The van der Waals surface area contributed by atoms with Crippen LogP contribution >= 0.6 is 39.3 Å². The van der Waals surface area contributed by atoms with Crippen LogP contribution in [-0.4, -0.2) is 32.7 Å². The molecule has 28 heavy (non-hydrogen) atoms. The van der Waals surface area contributed by atoms with Gasteiger partial charge >= 0.3 is 5.97 Å². The highest BCUT2D eigenvalue weighted by molar-refractivity contribution is 9.10. The molecule has 0 radical (unpaired) electrons. The first kappa shape index (κ1) is 23.1. The third kappa shape index (κ3) is 6.14. The first-order valence-electron chi connectivity index (χ1n) is 8.38. The van der Waals surface area contributed by atoms with Gasteiger partial charge in [-0.2, -0.15) is 4.40 Å². The number of benzene rings is 1. The quantitative estimate of drug-likeness (QED) is 0.373. The van der Waals surface area contributed by atoms with Crippen molar-refractivity contribution in [3.05, 3.63) is 51.1 Å². The fourth-order valence-corrected chi connectivity index (χ4v) is 4.41. The van der Waals surface area contributed by atoms with E-state index in [1.807, 2.05) is 26.8 Å². The van der Waals surface area contributed by atoms with Crippen molar-refractivity contribution in [1.82, 2.24) is 4.98 Å². The van der Waals surface area contributed by atoms with E-state index in [1.165, 1.54) is 18.0 Å². The average Bonchev–Trinajstić information content (AvgIpc) is 2.61. The zero-order valence-corrected chi connectivity index (χ0v) is 19.8. The minimum atomic E-state index is -1.41. The van der Waals surface area contributed by atoms with Crippen LogP contribution in [0.1, 0.15) is 43.6 Å². The van der Waals surface area contributed by atoms with Gasteiger partial charge < -0.3 is 4.74 Å². The summed E-state index contributed by atoms with van der Waals surface area (Å²) in [5.74, 6) is -0.449. The molecule has 5 nitrogen and oxygen atoms in total. The number of rotatable bonds is 6. The van der Waals surface area contributed by atoms with Crippen LogP contribution in [0.3, 0.4) is 0 Å². The number of pyridine rings is 1. The lowest BCUT2D eigenvalue weighted by molar-refractivity contribution is 0.0521. The monoisotopic (exact) mass is 502 g/mol. The predicted molar refractivity (Wildman–Crippen MR) is 119 cm³/mol. The Labute approximate surface area is 185 Å². The molecule has 0 N–H and O–H groups in total. The Balaban J connectivity index is 2.46. The van der Waals surface area contributed by atoms with Crippen molar-refractivity contribution in [2.75, 3.05) is 6.61 Å². The van der Waals surface area contributed by atoms with E-state index in [1.54, 1.807) is 31.3 Å². The van der Waals surface area contributed by atoms with Gasteiger partial charge in [-0.3, -0.25) is 0 Å². The lowest BCUT2D eigenvalue weighted by Crippen LogP contribution is -2.19. The van der Waals surface area contributed by atoms with Crippen LogP contribution in [-0.2, 0) is 15.7 Å². The van der Waals surface area contributed by atoms with Crippen molar-refractivity contribution < 1.29 is 13.7 Å². The third-order valence-corrected chi connectivity index (χ3v) is 6.70. The number of aromatic nitrogens is 1. The third-order valence-electron chi connectivity index (χ3n) is 3.31. The fourth-order valence-electron chi connectivity index (χ4n) is 1.98. The van der Waals surface area contributed by atoms with Crippen LogP contribution in [0.5, 0.6) is 0 Å². The van der Waals surface area contributed by atoms with E-state index in [-0.39, 0.29) is 6.61 Å². The second-order valence-corrected chi connectivity index (χ2v) is 10.8. The molecule has 2 rings (SSSR count). The van der Waals surface area contributed by atoms with Gasteiger partial charge in [0.1, 0.15) is 16.0 Å². The maximum absolute atomic E-state index is 12.3. The number of ether oxygens (including phenoxy) is 1. The van der Waals surface area contributed by atoms with Crippen LogP contribution in [0.15, 0.2) is 49.3 Å². The van der Waals surface area contributed by atoms with Gasteiger partial charge in [0.15, 0.2) is 0 Å². The minimum absolute atomic E-state index is 0.271. The van der Waals surface area contributed by atoms with E-state index in [0.717, 1.165) is 4.47 Å². The molecule has 0 aliphatic heterocycles. The van der Waals surface area contributed by atoms with Gasteiger partial charge in [0.25, 0.3) is 0 Å². The molecule has 0 aliphatic rings. The number of esters is 1. The Bertz CT molecular complexity index is 930. The number of hydrogen-bond acceptors (Lipinski definition) is 5. The Hall–Kier alpha value is -1.22. The van der Waals surface area contributed by atoms with Crippen molar-refractivity contribution >= 4 is 62.5 Å². The van der Waals surface area contributed by atoms with Crippen molar-refractivity contribution in [3.8, 4) is 0 Å². The topological polar surface area (TPSA) is 68.6 Å². The van der Waals surface area contributed by atoms with Gasteiger partial charge in [-0.1, -0.05) is 39.3 Å². The molecule has 0 spiro atoms. The number of halogens is 2. The summed E-state index contributed by atoms with van der Waals surface area (Å²) in [6.45, 7) is 7.57. The molecule has 1 atom stereocenters. The van der Waals surface area contributed by atoms with Crippen molar-refractivity contribution in [3.63, 3.8) is 0 Å². The van der Waals surface area contributed by atoms with Crippen LogP contribution in [0, 0.1) is 0 Å². The van der Waals surface area contributed by atoms with E-state index < -0.39 is 21.7 Å². The standard InChI is InChI=1S/C19H20BrClN2O3S2/c1-5-26-18(24)14-7-6-8-22-17(14)27-16-12(9-13(20)10-15(16)21)11-23-28(25)19(2,3)4/h6-11H,5H2,1-4H3. The van der Waals surface area contributed by atoms with E-state index in [0.29, 0.717) is 26.1 Å². The summed E-state index contributed by atoms with van der Waals surface area (Å²) in [6.07, 6.45) is 3.13. The fraction of sp³-hybridized carbons (Fsp3) is 0.316. The molecule has 0 bridgehead atoms. The number of hydrogen-bond donors (Lipinski definition) is 0. The summed E-state index contributed by atoms with van der Waals surface area (Å²) in [4.78, 5) is 17.2. The Kier molecular flexibility index (Phi) is 8.24. The summed E-state index contributed by atoms with van der Waals surface area (Å²) in [6, 6.07) is 6.90.